The van der Waals surface area contributed by atoms with E-state index >= 15 is 0 Å². The van der Waals surface area contributed by atoms with Crippen molar-refractivity contribution < 1.29 is 14.4 Å². The molecule has 1 aromatic heterocycles. The molecule has 0 spiro atoms. The molecule has 7 heteroatoms. The van der Waals surface area contributed by atoms with Gasteiger partial charge in [0.05, 0.1) is 17.5 Å². The first-order valence-electron chi connectivity index (χ1n) is 10.3. The Labute approximate surface area is 169 Å². The molecule has 2 aromatic rings. The average Bonchev–Trinajstić information content (AvgIpc) is 3.36. The summed E-state index contributed by atoms with van der Waals surface area (Å²) >= 11 is 0. The highest BCUT2D eigenvalue weighted by Gasteiger charge is 2.44. The number of fused-ring (bicyclic) bond motifs is 1. The fourth-order valence-corrected chi connectivity index (χ4v) is 4.61. The Hall–Kier alpha value is -2.96. The van der Waals surface area contributed by atoms with Crippen molar-refractivity contribution in [2.75, 3.05) is 32.7 Å². The van der Waals surface area contributed by atoms with Gasteiger partial charge in [-0.2, -0.15) is 0 Å². The highest BCUT2D eigenvalue weighted by molar-refractivity contribution is 5.96. The number of amides is 3. The van der Waals surface area contributed by atoms with E-state index in [9.17, 15) is 14.4 Å². The van der Waals surface area contributed by atoms with E-state index in [-0.39, 0.29) is 29.7 Å². The molecule has 0 saturated carbocycles. The van der Waals surface area contributed by atoms with Crippen molar-refractivity contribution in [2.45, 2.75) is 25.3 Å². The molecule has 4 heterocycles. The van der Waals surface area contributed by atoms with Gasteiger partial charge in [0, 0.05) is 44.5 Å². The zero-order valence-electron chi connectivity index (χ0n) is 16.3. The number of rotatable bonds is 3. The molecule has 3 aliphatic heterocycles. The largest absolute Gasteiger partial charge is 0.342 e. The fraction of sp³-hybridized carbons (Fsp3) is 0.455. The first kappa shape index (κ1) is 18.1. The molecule has 0 aliphatic carbocycles. The molecule has 7 nitrogen and oxygen atoms in total. The molecule has 3 amide bonds. The monoisotopic (exact) mass is 392 g/mol. The number of hydrogen-bond donors (Lipinski definition) is 0. The number of para-hydroxylation sites is 1. The predicted octanol–water partition coefficient (Wildman–Crippen LogP) is 1.53. The Balaban J connectivity index is 1.20. The predicted molar refractivity (Wildman–Crippen MR) is 107 cm³/mol. The molecule has 3 fully saturated rings. The highest BCUT2D eigenvalue weighted by atomic mass is 16.2. The topological polar surface area (TPSA) is 73.8 Å². The first-order chi connectivity index (χ1) is 14.1. The molecule has 0 radical (unpaired) electrons. The van der Waals surface area contributed by atoms with Crippen LogP contribution in [0.1, 0.15) is 29.8 Å². The van der Waals surface area contributed by atoms with Crippen LogP contribution < -0.4 is 0 Å². The molecule has 0 bridgehead atoms. The molecule has 1 aromatic carbocycles. The minimum absolute atomic E-state index is 0.00304. The molecular weight excluding hydrogens is 368 g/mol. The van der Waals surface area contributed by atoms with Crippen LogP contribution in [0.15, 0.2) is 36.4 Å². The van der Waals surface area contributed by atoms with Gasteiger partial charge in [-0.15, -0.1) is 0 Å². The van der Waals surface area contributed by atoms with Gasteiger partial charge in [0.2, 0.25) is 11.8 Å². The van der Waals surface area contributed by atoms with E-state index in [0.717, 1.165) is 36.8 Å². The van der Waals surface area contributed by atoms with Crippen LogP contribution in [0.5, 0.6) is 0 Å². The van der Waals surface area contributed by atoms with Gasteiger partial charge < -0.3 is 14.7 Å². The smallest absolute Gasteiger partial charge is 0.272 e. The van der Waals surface area contributed by atoms with Crippen LogP contribution in [0.2, 0.25) is 0 Å². The van der Waals surface area contributed by atoms with Crippen molar-refractivity contribution in [3.8, 4) is 0 Å². The Bertz CT molecular complexity index is 979. The van der Waals surface area contributed by atoms with Gasteiger partial charge in [-0.1, -0.05) is 24.3 Å². The second kappa shape index (κ2) is 7.13. The summed E-state index contributed by atoms with van der Waals surface area (Å²) in [5.74, 6) is -0.190. The van der Waals surface area contributed by atoms with Gasteiger partial charge in [-0.3, -0.25) is 14.4 Å². The van der Waals surface area contributed by atoms with E-state index in [1.54, 1.807) is 15.9 Å². The molecule has 5 rings (SSSR count). The number of carbonyl (C=O) groups is 3. The molecule has 1 unspecified atom stereocenters. The summed E-state index contributed by atoms with van der Waals surface area (Å²) in [4.78, 5) is 47.7. The third-order valence-corrected chi connectivity index (χ3v) is 6.33. The SMILES string of the molecule is O=C(c1ccc2ccccc2n1)N1CC(N2CC(C(=O)N3CCCC3)CC2=O)C1. The summed E-state index contributed by atoms with van der Waals surface area (Å²) in [6, 6.07) is 11.4. The van der Waals surface area contributed by atoms with Crippen LogP contribution in [0.25, 0.3) is 10.9 Å². The van der Waals surface area contributed by atoms with E-state index in [4.69, 9.17) is 0 Å². The van der Waals surface area contributed by atoms with Crippen molar-refractivity contribution >= 4 is 28.6 Å². The molecule has 3 saturated heterocycles. The highest BCUT2D eigenvalue weighted by Crippen LogP contribution is 2.28. The van der Waals surface area contributed by atoms with Gasteiger partial charge in [-0.05, 0) is 25.0 Å². The third-order valence-electron chi connectivity index (χ3n) is 6.33. The van der Waals surface area contributed by atoms with Crippen LogP contribution >= 0.6 is 0 Å². The second-order valence-corrected chi connectivity index (χ2v) is 8.23. The Morgan fingerprint density at radius 3 is 2.48 bits per heavy atom. The van der Waals surface area contributed by atoms with Gasteiger partial charge >= 0.3 is 0 Å². The maximum Gasteiger partial charge on any atom is 0.272 e. The van der Waals surface area contributed by atoms with Crippen LogP contribution in [-0.4, -0.2) is 76.2 Å². The van der Waals surface area contributed by atoms with Crippen LogP contribution in [0.3, 0.4) is 0 Å². The van der Waals surface area contributed by atoms with E-state index in [1.165, 1.54) is 0 Å². The average molecular weight is 392 g/mol. The van der Waals surface area contributed by atoms with Crippen LogP contribution in [0, 0.1) is 5.92 Å². The van der Waals surface area contributed by atoms with Gasteiger partial charge in [0.15, 0.2) is 0 Å². The maximum atomic E-state index is 12.8. The summed E-state index contributed by atoms with van der Waals surface area (Å²) in [7, 11) is 0. The molecular formula is C22H24N4O3. The number of hydrogen-bond acceptors (Lipinski definition) is 4. The lowest BCUT2D eigenvalue weighted by Crippen LogP contribution is -2.61. The third kappa shape index (κ3) is 3.24. The zero-order valence-corrected chi connectivity index (χ0v) is 16.3. The van der Waals surface area contributed by atoms with Crippen molar-refractivity contribution in [2.24, 2.45) is 5.92 Å². The summed E-state index contributed by atoms with van der Waals surface area (Å²) in [5, 5.41) is 1.00. The Kier molecular flexibility index (Phi) is 4.45. The number of carbonyl (C=O) groups excluding carboxylic acids is 3. The number of benzene rings is 1. The Morgan fingerprint density at radius 1 is 0.931 bits per heavy atom. The van der Waals surface area contributed by atoms with Gasteiger partial charge in [0.1, 0.15) is 5.69 Å². The van der Waals surface area contributed by atoms with Gasteiger partial charge in [0.25, 0.3) is 5.91 Å². The summed E-state index contributed by atoms with van der Waals surface area (Å²) in [5.41, 5.74) is 1.23. The maximum absolute atomic E-state index is 12.8. The van der Waals surface area contributed by atoms with Crippen LogP contribution in [0.4, 0.5) is 0 Å². The molecule has 1 atom stereocenters. The normalized spacial score (nSPS) is 22.4. The van der Waals surface area contributed by atoms with E-state index < -0.39 is 0 Å². The lowest BCUT2D eigenvalue weighted by Gasteiger charge is -2.43. The molecule has 3 aliphatic rings. The van der Waals surface area contributed by atoms with E-state index in [0.29, 0.717) is 31.7 Å². The lowest BCUT2D eigenvalue weighted by molar-refractivity contribution is -0.135. The number of pyridine rings is 1. The van der Waals surface area contributed by atoms with E-state index in [1.807, 2.05) is 35.2 Å². The van der Waals surface area contributed by atoms with Gasteiger partial charge in [-0.25, -0.2) is 4.98 Å². The van der Waals surface area contributed by atoms with Crippen molar-refractivity contribution in [1.82, 2.24) is 19.7 Å². The summed E-state index contributed by atoms with van der Waals surface area (Å²) < 4.78 is 0. The van der Waals surface area contributed by atoms with Crippen molar-refractivity contribution in [1.29, 1.82) is 0 Å². The minimum atomic E-state index is -0.229. The quantitative estimate of drug-likeness (QED) is 0.794. The molecule has 150 valence electrons. The fourth-order valence-electron chi connectivity index (χ4n) is 4.61. The molecule has 0 N–H and O–H groups in total. The Morgan fingerprint density at radius 2 is 1.69 bits per heavy atom. The minimum Gasteiger partial charge on any atom is -0.342 e. The molecule has 29 heavy (non-hydrogen) atoms. The van der Waals surface area contributed by atoms with Crippen LogP contribution in [-0.2, 0) is 9.59 Å². The van der Waals surface area contributed by atoms with E-state index in [2.05, 4.69) is 4.98 Å². The number of likely N-dealkylation sites (tertiary alicyclic amines) is 3. The standard InChI is InChI=1S/C22H24N4O3/c27-20-11-16(21(28)24-9-3-4-10-24)12-26(20)17-13-25(14-17)22(29)19-8-7-15-5-1-2-6-18(15)23-19/h1-2,5-8,16-17H,3-4,9-14H2. The van der Waals surface area contributed by atoms with Crippen molar-refractivity contribution in [3.05, 3.63) is 42.1 Å². The number of aromatic nitrogens is 1. The number of nitrogens with zero attached hydrogens (tertiary/aromatic N) is 4. The first-order valence-corrected chi connectivity index (χ1v) is 10.3. The summed E-state index contributed by atoms with van der Waals surface area (Å²) in [6.45, 7) is 3.12. The van der Waals surface area contributed by atoms with Crippen molar-refractivity contribution in [3.63, 3.8) is 0 Å². The lowest BCUT2D eigenvalue weighted by atomic mass is 10.1. The second-order valence-electron chi connectivity index (χ2n) is 8.23. The summed E-state index contributed by atoms with van der Waals surface area (Å²) in [6.07, 6.45) is 2.41. The zero-order chi connectivity index (χ0) is 20.0.